The van der Waals surface area contributed by atoms with Crippen molar-refractivity contribution in [2.75, 3.05) is 4.90 Å². The van der Waals surface area contributed by atoms with Gasteiger partial charge in [0.1, 0.15) is 6.33 Å². The zero-order chi connectivity index (χ0) is 22.8. The first-order chi connectivity index (χ1) is 15.3. The Morgan fingerprint density at radius 1 is 1.12 bits per heavy atom. The molecule has 0 saturated carbocycles. The second kappa shape index (κ2) is 9.26. The molecule has 0 aliphatic rings. The van der Waals surface area contributed by atoms with Crippen LogP contribution < -0.4 is 4.90 Å². The molecule has 8 heteroatoms. The van der Waals surface area contributed by atoms with Crippen LogP contribution in [0.4, 0.5) is 10.8 Å². The van der Waals surface area contributed by atoms with Crippen LogP contribution >= 0.6 is 23.1 Å². The van der Waals surface area contributed by atoms with Gasteiger partial charge in [0.2, 0.25) is 5.91 Å². The van der Waals surface area contributed by atoms with E-state index in [9.17, 15) is 4.79 Å². The van der Waals surface area contributed by atoms with E-state index in [-0.39, 0.29) is 5.91 Å². The monoisotopic (exact) mass is 463 g/mol. The van der Waals surface area contributed by atoms with Crippen LogP contribution in [0, 0.1) is 27.7 Å². The summed E-state index contributed by atoms with van der Waals surface area (Å²) < 4.78 is 2.00. The van der Waals surface area contributed by atoms with Crippen molar-refractivity contribution in [3.63, 3.8) is 0 Å². The van der Waals surface area contributed by atoms with Crippen LogP contribution in [0.1, 0.15) is 34.9 Å². The number of thioether (sulfide) groups is 1. The molecule has 0 N–H and O–H groups in total. The Bertz CT molecular complexity index is 1280. The molecule has 32 heavy (non-hydrogen) atoms. The predicted molar refractivity (Wildman–Crippen MR) is 131 cm³/mol. The minimum Gasteiger partial charge on any atom is -0.276 e. The van der Waals surface area contributed by atoms with Crippen LogP contribution in [-0.4, -0.2) is 25.7 Å². The number of carbonyl (C=O) groups is 1. The van der Waals surface area contributed by atoms with E-state index < -0.39 is 0 Å². The van der Waals surface area contributed by atoms with E-state index in [1.807, 2.05) is 42.0 Å². The highest BCUT2D eigenvalue weighted by Crippen LogP contribution is 2.34. The number of amides is 1. The van der Waals surface area contributed by atoms with Crippen molar-refractivity contribution in [3.8, 4) is 5.69 Å². The van der Waals surface area contributed by atoms with Gasteiger partial charge in [-0.1, -0.05) is 41.6 Å². The van der Waals surface area contributed by atoms with E-state index in [4.69, 9.17) is 4.98 Å². The predicted octanol–water partition coefficient (Wildman–Crippen LogP) is 5.93. The maximum Gasteiger partial charge on any atom is 0.230 e. The lowest BCUT2D eigenvalue weighted by Crippen LogP contribution is -2.23. The lowest BCUT2D eigenvalue weighted by Gasteiger charge is -2.21. The lowest BCUT2D eigenvalue weighted by molar-refractivity contribution is -0.115. The molecule has 0 unspecified atom stereocenters. The van der Waals surface area contributed by atoms with Gasteiger partial charge in [0, 0.05) is 18.1 Å². The van der Waals surface area contributed by atoms with Crippen molar-refractivity contribution in [2.45, 2.75) is 45.5 Å². The summed E-state index contributed by atoms with van der Waals surface area (Å²) in [6.07, 6.45) is 1.74. The summed E-state index contributed by atoms with van der Waals surface area (Å²) in [4.78, 5) is 18.9. The van der Waals surface area contributed by atoms with Crippen LogP contribution in [0.25, 0.3) is 5.69 Å². The van der Waals surface area contributed by atoms with Crippen LogP contribution in [0.2, 0.25) is 0 Å². The van der Waals surface area contributed by atoms with Gasteiger partial charge in [-0.05, 0) is 56.5 Å². The molecule has 4 aromatic rings. The Morgan fingerprint density at radius 3 is 2.69 bits per heavy atom. The Kier molecular flexibility index (Phi) is 6.43. The lowest BCUT2D eigenvalue weighted by atomic mass is 10.1. The number of thiazole rings is 1. The van der Waals surface area contributed by atoms with Crippen molar-refractivity contribution < 1.29 is 4.79 Å². The highest BCUT2D eigenvalue weighted by molar-refractivity contribution is 7.98. The van der Waals surface area contributed by atoms with Crippen molar-refractivity contribution in [1.82, 2.24) is 19.7 Å². The fourth-order valence-corrected chi connectivity index (χ4v) is 5.35. The number of anilines is 2. The summed E-state index contributed by atoms with van der Waals surface area (Å²) in [6.45, 7) is 9.83. The second-order valence-electron chi connectivity index (χ2n) is 7.76. The standard InChI is InChI=1S/C24H25N5OS2/c1-15-9-10-21(17(3)11-15)28-14-25-27-24(28)32-13-20-12-31-23(26-20)29(19(5)30)22-8-6-7-16(2)18(22)4/h6-12,14H,13H2,1-5H3. The molecular formula is C24H25N5OS2. The number of nitrogens with zero attached hydrogens (tertiary/aromatic N) is 5. The zero-order valence-corrected chi connectivity index (χ0v) is 20.4. The van der Waals surface area contributed by atoms with E-state index in [0.717, 1.165) is 33.4 Å². The fourth-order valence-electron chi connectivity index (χ4n) is 3.55. The molecule has 1 amide bonds. The van der Waals surface area contributed by atoms with Crippen molar-refractivity contribution in [2.24, 2.45) is 0 Å². The number of benzene rings is 2. The quantitative estimate of drug-likeness (QED) is 0.331. The summed E-state index contributed by atoms with van der Waals surface area (Å²) in [5, 5.41) is 11.9. The molecule has 0 radical (unpaired) electrons. The Morgan fingerprint density at radius 2 is 1.94 bits per heavy atom. The van der Waals surface area contributed by atoms with Gasteiger partial charge in [0.25, 0.3) is 0 Å². The van der Waals surface area contributed by atoms with Crippen LogP contribution in [0.15, 0.2) is 53.3 Å². The number of hydrogen-bond acceptors (Lipinski definition) is 6. The van der Waals surface area contributed by atoms with Gasteiger partial charge >= 0.3 is 0 Å². The van der Waals surface area contributed by atoms with E-state index >= 15 is 0 Å². The molecule has 6 nitrogen and oxygen atoms in total. The maximum absolute atomic E-state index is 12.5. The third kappa shape index (κ3) is 4.47. The molecule has 2 heterocycles. The average molecular weight is 464 g/mol. The molecule has 0 aliphatic heterocycles. The molecule has 2 aromatic heterocycles. The van der Waals surface area contributed by atoms with Gasteiger partial charge < -0.3 is 0 Å². The minimum absolute atomic E-state index is 0.0538. The number of aryl methyl sites for hydroxylation is 3. The van der Waals surface area contributed by atoms with Gasteiger partial charge in [-0.25, -0.2) is 4.98 Å². The molecular weight excluding hydrogens is 438 g/mol. The van der Waals surface area contributed by atoms with Crippen molar-refractivity contribution in [1.29, 1.82) is 0 Å². The summed E-state index contributed by atoms with van der Waals surface area (Å²) in [7, 11) is 0. The molecule has 0 saturated heterocycles. The van der Waals surface area contributed by atoms with E-state index in [0.29, 0.717) is 10.9 Å². The zero-order valence-electron chi connectivity index (χ0n) is 18.8. The van der Waals surface area contributed by atoms with Gasteiger partial charge in [-0.2, -0.15) is 0 Å². The third-order valence-electron chi connectivity index (χ3n) is 5.34. The summed E-state index contributed by atoms with van der Waals surface area (Å²) in [5.41, 5.74) is 7.47. The number of rotatable bonds is 6. The van der Waals surface area contributed by atoms with Crippen molar-refractivity contribution in [3.05, 3.63) is 76.1 Å². The fraction of sp³-hybridized carbons (Fsp3) is 0.250. The number of aromatic nitrogens is 4. The first kappa shape index (κ1) is 22.2. The molecule has 2 aromatic carbocycles. The van der Waals surface area contributed by atoms with Gasteiger partial charge in [-0.3, -0.25) is 14.3 Å². The summed E-state index contributed by atoms with van der Waals surface area (Å²) >= 11 is 3.05. The van der Waals surface area contributed by atoms with Gasteiger partial charge in [0.15, 0.2) is 10.3 Å². The van der Waals surface area contributed by atoms with Gasteiger partial charge in [-0.15, -0.1) is 21.5 Å². The topological polar surface area (TPSA) is 63.9 Å². The van der Waals surface area contributed by atoms with Crippen LogP contribution in [-0.2, 0) is 10.5 Å². The minimum atomic E-state index is -0.0538. The molecule has 0 aliphatic carbocycles. The first-order valence-corrected chi connectivity index (χ1v) is 12.1. The third-order valence-corrected chi connectivity index (χ3v) is 7.19. The van der Waals surface area contributed by atoms with E-state index in [2.05, 4.69) is 42.2 Å². The van der Waals surface area contributed by atoms with Crippen LogP contribution in [0.5, 0.6) is 0 Å². The van der Waals surface area contributed by atoms with Crippen molar-refractivity contribution >= 4 is 39.8 Å². The largest absolute Gasteiger partial charge is 0.276 e. The Labute approximate surface area is 196 Å². The summed E-state index contributed by atoms with van der Waals surface area (Å²) in [6, 6.07) is 12.3. The maximum atomic E-state index is 12.5. The first-order valence-electron chi connectivity index (χ1n) is 10.3. The van der Waals surface area contributed by atoms with E-state index in [1.165, 1.54) is 22.5 Å². The van der Waals surface area contributed by atoms with E-state index in [1.54, 1.807) is 29.9 Å². The van der Waals surface area contributed by atoms with Gasteiger partial charge in [0.05, 0.1) is 17.1 Å². The molecule has 0 spiro atoms. The highest BCUT2D eigenvalue weighted by atomic mass is 32.2. The second-order valence-corrected chi connectivity index (χ2v) is 9.54. The molecule has 4 rings (SSSR count). The number of hydrogen-bond donors (Lipinski definition) is 0. The van der Waals surface area contributed by atoms with Crippen LogP contribution in [0.3, 0.4) is 0 Å². The summed E-state index contributed by atoms with van der Waals surface area (Å²) in [5.74, 6) is 0.584. The Hall–Kier alpha value is -2.97. The molecule has 164 valence electrons. The average Bonchev–Trinajstić information content (AvgIpc) is 3.39. The smallest absolute Gasteiger partial charge is 0.230 e. The number of carbonyl (C=O) groups excluding carboxylic acids is 1. The Balaban J connectivity index is 1.55. The molecule has 0 bridgehead atoms. The molecule has 0 atom stereocenters. The highest BCUT2D eigenvalue weighted by Gasteiger charge is 2.20. The normalized spacial score (nSPS) is 11.0. The SMILES string of the molecule is CC(=O)N(c1nc(CSc2nncn2-c2ccc(C)cc2C)cs1)c1cccc(C)c1C. The molecule has 0 fully saturated rings.